The van der Waals surface area contributed by atoms with Crippen molar-refractivity contribution < 1.29 is 9.90 Å². The summed E-state index contributed by atoms with van der Waals surface area (Å²) in [7, 11) is 0. The molecule has 0 radical (unpaired) electrons. The number of Topliss-reactive ketones (excluding diaryl/α,β-unsaturated/α-hetero) is 1. The molecule has 70 valence electrons. The molecule has 3 fully saturated rings. The first-order chi connectivity index (χ1) is 5.04. The summed E-state index contributed by atoms with van der Waals surface area (Å²) >= 11 is 0. The Labute approximate surface area is 74.0 Å². The molecule has 2 bridgehead atoms. The van der Waals surface area contributed by atoms with Crippen molar-refractivity contribution in [3.05, 3.63) is 0 Å². The molecule has 3 rings (SSSR count). The predicted molar refractivity (Wildman–Crippen MR) is 47.9 cm³/mol. The Kier molecular flexibility index (Phi) is 2.07. The Morgan fingerprint density at radius 1 is 1.25 bits per heavy atom. The zero-order valence-corrected chi connectivity index (χ0v) is 6.89. The maximum absolute atomic E-state index is 11.4. The predicted octanol–water partition coefficient (Wildman–Crippen LogP) is 1.91. The van der Waals surface area contributed by atoms with Crippen LogP contribution in [0.4, 0.5) is 0 Å². The Hall–Kier alpha value is -0.370. The third-order valence-corrected chi connectivity index (χ3v) is 3.45. The molecule has 2 nitrogen and oxygen atoms in total. The van der Waals surface area contributed by atoms with E-state index in [4.69, 9.17) is 0 Å². The van der Waals surface area contributed by atoms with E-state index in [1.807, 2.05) is 6.92 Å². The van der Waals surface area contributed by atoms with Gasteiger partial charge in [-0.15, -0.1) is 0 Å². The number of ketones is 1. The standard InChI is InChI=1S/C9H14O2.CH4/c1-8-2-4-9(11,5-3-8)6-7(8)10;/h11H,2-6H2,1H3;1H4. The van der Waals surface area contributed by atoms with Crippen LogP contribution in [0, 0.1) is 5.41 Å². The molecule has 3 aliphatic rings. The van der Waals surface area contributed by atoms with Crippen LogP contribution in [0.1, 0.15) is 46.5 Å². The first-order valence-corrected chi connectivity index (χ1v) is 4.30. The molecule has 0 aromatic heterocycles. The highest BCUT2D eigenvalue weighted by molar-refractivity contribution is 5.87. The highest BCUT2D eigenvalue weighted by atomic mass is 16.3. The molecular formula is C10H18O2. The monoisotopic (exact) mass is 170 g/mol. The van der Waals surface area contributed by atoms with Crippen LogP contribution in [-0.2, 0) is 4.79 Å². The Morgan fingerprint density at radius 2 is 1.75 bits per heavy atom. The van der Waals surface area contributed by atoms with Gasteiger partial charge in [0.05, 0.1) is 5.60 Å². The quantitative estimate of drug-likeness (QED) is 0.603. The van der Waals surface area contributed by atoms with Crippen molar-refractivity contribution in [1.82, 2.24) is 0 Å². The smallest absolute Gasteiger partial charge is 0.141 e. The fourth-order valence-electron chi connectivity index (χ4n) is 2.24. The Bertz CT molecular complexity index is 200. The van der Waals surface area contributed by atoms with Gasteiger partial charge in [-0.1, -0.05) is 14.4 Å². The molecule has 0 saturated heterocycles. The molecule has 0 unspecified atom stereocenters. The molecule has 0 aromatic rings. The van der Waals surface area contributed by atoms with Gasteiger partial charge >= 0.3 is 0 Å². The number of carbonyl (C=O) groups excluding carboxylic acids is 1. The van der Waals surface area contributed by atoms with E-state index in [0.29, 0.717) is 6.42 Å². The maximum Gasteiger partial charge on any atom is 0.141 e. The van der Waals surface area contributed by atoms with E-state index in [1.165, 1.54) is 0 Å². The third kappa shape index (κ3) is 1.18. The van der Waals surface area contributed by atoms with E-state index in [0.717, 1.165) is 25.7 Å². The van der Waals surface area contributed by atoms with Gasteiger partial charge in [0.25, 0.3) is 0 Å². The lowest BCUT2D eigenvalue weighted by Crippen LogP contribution is -2.50. The zero-order valence-electron chi connectivity index (χ0n) is 6.89. The van der Waals surface area contributed by atoms with Crippen LogP contribution in [0.25, 0.3) is 0 Å². The summed E-state index contributed by atoms with van der Waals surface area (Å²) in [6, 6.07) is 0. The summed E-state index contributed by atoms with van der Waals surface area (Å²) in [6.07, 6.45) is 3.85. The van der Waals surface area contributed by atoms with Crippen LogP contribution in [-0.4, -0.2) is 16.5 Å². The molecule has 3 aliphatic carbocycles. The van der Waals surface area contributed by atoms with Crippen molar-refractivity contribution in [3.63, 3.8) is 0 Å². The zero-order chi connectivity index (χ0) is 8.11. The van der Waals surface area contributed by atoms with Gasteiger partial charge < -0.3 is 5.11 Å². The Balaban J connectivity index is 0.000000720. The van der Waals surface area contributed by atoms with E-state index in [-0.39, 0.29) is 18.6 Å². The van der Waals surface area contributed by atoms with E-state index in [9.17, 15) is 9.90 Å². The average molecular weight is 170 g/mol. The molecule has 1 N–H and O–H groups in total. The van der Waals surface area contributed by atoms with Crippen LogP contribution in [0.2, 0.25) is 0 Å². The summed E-state index contributed by atoms with van der Waals surface area (Å²) < 4.78 is 0. The molecule has 0 aromatic carbocycles. The second-order valence-corrected chi connectivity index (χ2v) is 4.38. The molecule has 0 spiro atoms. The van der Waals surface area contributed by atoms with Crippen molar-refractivity contribution >= 4 is 5.78 Å². The normalized spacial score (nSPS) is 45.7. The SMILES string of the molecule is C.CC12CCC(O)(CC1)CC2=O. The van der Waals surface area contributed by atoms with Crippen LogP contribution < -0.4 is 0 Å². The van der Waals surface area contributed by atoms with Gasteiger partial charge in [-0.05, 0) is 25.7 Å². The highest BCUT2D eigenvalue weighted by Crippen LogP contribution is 2.49. The summed E-state index contributed by atoms with van der Waals surface area (Å²) in [4.78, 5) is 11.4. The van der Waals surface area contributed by atoms with Crippen LogP contribution >= 0.6 is 0 Å². The van der Waals surface area contributed by atoms with Crippen LogP contribution in [0.15, 0.2) is 0 Å². The van der Waals surface area contributed by atoms with Gasteiger partial charge in [-0.3, -0.25) is 4.79 Å². The number of carbonyl (C=O) groups is 1. The third-order valence-electron chi connectivity index (χ3n) is 3.45. The minimum Gasteiger partial charge on any atom is -0.389 e. The first kappa shape index (κ1) is 9.72. The van der Waals surface area contributed by atoms with Gasteiger partial charge in [0.2, 0.25) is 0 Å². The lowest BCUT2D eigenvalue weighted by molar-refractivity contribution is -0.151. The number of fused-ring (bicyclic) bond motifs is 3. The van der Waals surface area contributed by atoms with E-state index >= 15 is 0 Å². The van der Waals surface area contributed by atoms with Gasteiger partial charge in [-0.2, -0.15) is 0 Å². The number of rotatable bonds is 0. The Morgan fingerprint density at radius 3 is 2.08 bits per heavy atom. The lowest BCUT2D eigenvalue weighted by Gasteiger charge is -2.47. The minimum atomic E-state index is -0.616. The van der Waals surface area contributed by atoms with Crippen molar-refractivity contribution in [2.75, 3.05) is 0 Å². The average Bonchev–Trinajstić information content (AvgIpc) is 1.94. The van der Waals surface area contributed by atoms with Crippen molar-refractivity contribution in [1.29, 1.82) is 0 Å². The highest BCUT2D eigenvalue weighted by Gasteiger charge is 2.50. The van der Waals surface area contributed by atoms with Crippen molar-refractivity contribution in [3.8, 4) is 0 Å². The van der Waals surface area contributed by atoms with Gasteiger partial charge in [-0.25, -0.2) is 0 Å². The summed E-state index contributed by atoms with van der Waals surface area (Å²) in [5, 5.41) is 9.78. The second kappa shape index (κ2) is 2.56. The fraction of sp³-hybridized carbons (Fsp3) is 0.900. The number of hydrogen-bond donors (Lipinski definition) is 1. The molecule has 3 saturated carbocycles. The fourth-order valence-corrected chi connectivity index (χ4v) is 2.24. The van der Waals surface area contributed by atoms with Gasteiger partial charge in [0.15, 0.2) is 0 Å². The first-order valence-electron chi connectivity index (χ1n) is 4.30. The van der Waals surface area contributed by atoms with E-state index < -0.39 is 5.60 Å². The molecule has 0 atom stereocenters. The molecule has 12 heavy (non-hydrogen) atoms. The summed E-state index contributed by atoms with van der Waals surface area (Å²) in [5.74, 6) is 0.275. The number of aliphatic hydroxyl groups is 1. The van der Waals surface area contributed by atoms with Crippen LogP contribution in [0.3, 0.4) is 0 Å². The summed E-state index contributed by atoms with van der Waals surface area (Å²) in [5.41, 5.74) is -0.695. The number of hydrogen-bond acceptors (Lipinski definition) is 2. The largest absolute Gasteiger partial charge is 0.389 e. The minimum absolute atomic E-state index is 0. The van der Waals surface area contributed by atoms with Crippen LogP contribution in [0.5, 0.6) is 0 Å². The van der Waals surface area contributed by atoms with Crippen molar-refractivity contribution in [2.24, 2.45) is 5.41 Å². The second-order valence-electron chi connectivity index (χ2n) is 4.38. The van der Waals surface area contributed by atoms with Gasteiger partial charge in [0, 0.05) is 11.8 Å². The topological polar surface area (TPSA) is 37.3 Å². The molecule has 0 amide bonds. The molecular weight excluding hydrogens is 152 g/mol. The maximum atomic E-state index is 11.4. The lowest BCUT2D eigenvalue weighted by atomic mass is 9.59. The molecule has 2 heteroatoms. The van der Waals surface area contributed by atoms with E-state index in [1.54, 1.807) is 0 Å². The summed E-state index contributed by atoms with van der Waals surface area (Å²) in [6.45, 7) is 2.04. The van der Waals surface area contributed by atoms with Crippen molar-refractivity contribution in [2.45, 2.75) is 52.1 Å². The molecule has 0 heterocycles. The van der Waals surface area contributed by atoms with E-state index in [2.05, 4.69) is 0 Å². The molecule has 0 aliphatic heterocycles. The van der Waals surface area contributed by atoms with Gasteiger partial charge in [0.1, 0.15) is 5.78 Å².